The van der Waals surface area contributed by atoms with Crippen molar-refractivity contribution < 1.29 is 4.79 Å². The number of rotatable bonds is 4. The lowest BCUT2D eigenvalue weighted by Gasteiger charge is -2.38. The van der Waals surface area contributed by atoms with E-state index in [9.17, 15) is 4.79 Å². The van der Waals surface area contributed by atoms with E-state index in [1.165, 1.54) is 16.9 Å². The number of aromatic nitrogens is 3. The minimum Gasteiger partial charge on any atom is -0.365 e. The van der Waals surface area contributed by atoms with Crippen LogP contribution in [0.1, 0.15) is 28.2 Å². The molecule has 4 rings (SSSR count). The molecule has 1 unspecified atom stereocenters. The molecule has 1 saturated heterocycles. The van der Waals surface area contributed by atoms with Crippen LogP contribution in [-0.2, 0) is 0 Å². The SMILES string of the molecule is CC(c1ccc2nccnc2c1)N1CCN(c2ncc(C(N)=O)s2)CC1. The maximum Gasteiger partial charge on any atom is 0.260 e. The Labute approximate surface area is 155 Å². The molecule has 2 aromatic heterocycles. The van der Waals surface area contributed by atoms with Crippen LogP contribution in [0.15, 0.2) is 36.8 Å². The number of amides is 1. The van der Waals surface area contributed by atoms with Crippen molar-refractivity contribution in [2.45, 2.75) is 13.0 Å². The molecule has 0 spiro atoms. The van der Waals surface area contributed by atoms with Crippen LogP contribution in [0.3, 0.4) is 0 Å². The minimum atomic E-state index is -0.416. The monoisotopic (exact) mass is 368 g/mol. The lowest BCUT2D eigenvalue weighted by molar-refractivity contribution is 0.100. The largest absolute Gasteiger partial charge is 0.365 e. The quantitative estimate of drug-likeness (QED) is 0.758. The number of thiazole rings is 1. The Morgan fingerprint density at radius 2 is 1.85 bits per heavy atom. The summed E-state index contributed by atoms with van der Waals surface area (Å²) in [6, 6.07) is 6.60. The Morgan fingerprint density at radius 1 is 1.12 bits per heavy atom. The summed E-state index contributed by atoms with van der Waals surface area (Å²) in [7, 11) is 0. The zero-order chi connectivity index (χ0) is 18.1. The Hall–Kier alpha value is -2.58. The smallest absolute Gasteiger partial charge is 0.260 e. The lowest BCUT2D eigenvalue weighted by Crippen LogP contribution is -2.47. The number of primary amides is 1. The average Bonchev–Trinajstić information content (AvgIpc) is 3.18. The Morgan fingerprint density at radius 3 is 2.54 bits per heavy atom. The van der Waals surface area contributed by atoms with Gasteiger partial charge < -0.3 is 10.6 Å². The van der Waals surface area contributed by atoms with Gasteiger partial charge in [-0.15, -0.1) is 0 Å². The maximum atomic E-state index is 11.2. The van der Waals surface area contributed by atoms with Gasteiger partial charge in [-0.1, -0.05) is 17.4 Å². The van der Waals surface area contributed by atoms with E-state index in [0.29, 0.717) is 10.9 Å². The van der Waals surface area contributed by atoms with Crippen molar-refractivity contribution in [2.24, 2.45) is 5.73 Å². The van der Waals surface area contributed by atoms with Gasteiger partial charge in [0.05, 0.1) is 17.2 Å². The number of nitrogens with two attached hydrogens (primary N) is 1. The molecule has 134 valence electrons. The number of carbonyl (C=O) groups excluding carboxylic acids is 1. The number of fused-ring (bicyclic) bond motifs is 1. The average molecular weight is 368 g/mol. The minimum absolute atomic E-state index is 0.307. The normalized spacial score (nSPS) is 16.7. The molecular weight excluding hydrogens is 348 g/mol. The van der Waals surface area contributed by atoms with Crippen molar-refractivity contribution in [3.8, 4) is 0 Å². The van der Waals surface area contributed by atoms with Crippen molar-refractivity contribution in [3.05, 3.63) is 47.2 Å². The zero-order valence-corrected chi connectivity index (χ0v) is 15.3. The lowest BCUT2D eigenvalue weighted by atomic mass is 10.1. The molecule has 26 heavy (non-hydrogen) atoms. The van der Waals surface area contributed by atoms with Crippen LogP contribution in [0.2, 0.25) is 0 Å². The molecule has 1 amide bonds. The summed E-state index contributed by atoms with van der Waals surface area (Å²) in [6.07, 6.45) is 5.00. The van der Waals surface area contributed by atoms with E-state index in [-0.39, 0.29) is 0 Å². The fraction of sp³-hybridized carbons (Fsp3) is 0.333. The van der Waals surface area contributed by atoms with Crippen LogP contribution in [0, 0.1) is 0 Å². The van der Waals surface area contributed by atoms with Crippen LogP contribution in [0.25, 0.3) is 11.0 Å². The molecule has 7 nitrogen and oxygen atoms in total. The second kappa shape index (κ2) is 6.97. The molecule has 1 aliphatic rings. The van der Waals surface area contributed by atoms with E-state index in [1.807, 2.05) is 6.07 Å². The highest BCUT2D eigenvalue weighted by molar-refractivity contribution is 7.17. The predicted octanol–water partition coefficient (Wildman–Crippen LogP) is 2.07. The standard InChI is InChI=1S/C18H20N6OS/c1-12(13-2-3-14-15(10-13)21-5-4-20-14)23-6-8-24(9-7-23)18-22-11-16(26-18)17(19)25/h2-5,10-12H,6-9H2,1H3,(H2,19,25). The summed E-state index contributed by atoms with van der Waals surface area (Å²) in [6.45, 7) is 5.85. The number of benzene rings is 1. The van der Waals surface area contributed by atoms with Crippen molar-refractivity contribution in [3.63, 3.8) is 0 Å². The first kappa shape index (κ1) is 16.9. The molecule has 1 fully saturated rings. The van der Waals surface area contributed by atoms with Gasteiger partial charge in [-0.05, 0) is 24.6 Å². The molecule has 0 bridgehead atoms. The number of piperazine rings is 1. The number of anilines is 1. The molecule has 0 saturated carbocycles. The third-order valence-corrected chi connectivity index (χ3v) is 5.92. The van der Waals surface area contributed by atoms with Gasteiger partial charge in [-0.25, -0.2) is 4.98 Å². The summed E-state index contributed by atoms with van der Waals surface area (Å²) in [5.41, 5.74) is 8.41. The summed E-state index contributed by atoms with van der Waals surface area (Å²) >= 11 is 1.36. The number of hydrogen-bond donors (Lipinski definition) is 1. The summed E-state index contributed by atoms with van der Waals surface area (Å²) in [4.78, 5) is 29.5. The van der Waals surface area contributed by atoms with Crippen LogP contribution in [0.5, 0.6) is 0 Å². The van der Waals surface area contributed by atoms with Crippen molar-refractivity contribution in [1.82, 2.24) is 19.9 Å². The molecule has 1 aromatic carbocycles. The second-order valence-corrected chi connectivity index (χ2v) is 7.38. The third-order valence-electron chi connectivity index (χ3n) is 4.84. The second-order valence-electron chi connectivity index (χ2n) is 6.37. The molecule has 8 heteroatoms. The Bertz CT molecular complexity index is 934. The fourth-order valence-electron chi connectivity index (χ4n) is 3.28. The van der Waals surface area contributed by atoms with Gasteiger partial charge in [0.25, 0.3) is 5.91 Å². The Kier molecular flexibility index (Phi) is 4.52. The molecular formula is C18H20N6OS. The van der Waals surface area contributed by atoms with E-state index in [0.717, 1.165) is 42.3 Å². The van der Waals surface area contributed by atoms with Crippen LogP contribution in [0.4, 0.5) is 5.13 Å². The van der Waals surface area contributed by atoms with Crippen LogP contribution >= 0.6 is 11.3 Å². The number of carbonyl (C=O) groups is 1. The number of nitrogens with zero attached hydrogens (tertiary/aromatic N) is 5. The topological polar surface area (TPSA) is 88.2 Å². The molecule has 1 atom stereocenters. The summed E-state index contributed by atoms with van der Waals surface area (Å²) in [5.74, 6) is -0.416. The van der Waals surface area contributed by atoms with Crippen LogP contribution in [-0.4, -0.2) is 51.9 Å². The van der Waals surface area contributed by atoms with Crippen LogP contribution < -0.4 is 10.6 Å². The maximum absolute atomic E-state index is 11.2. The van der Waals surface area contributed by atoms with Gasteiger partial charge in [0.1, 0.15) is 4.88 Å². The molecule has 0 radical (unpaired) electrons. The summed E-state index contributed by atoms with van der Waals surface area (Å²) < 4.78 is 0. The van der Waals surface area contributed by atoms with E-state index < -0.39 is 5.91 Å². The first-order valence-corrected chi connectivity index (χ1v) is 9.39. The van der Waals surface area contributed by atoms with Gasteiger partial charge in [0.15, 0.2) is 5.13 Å². The predicted molar refractivity (Wildman–Crippen MR) is 102 cm³/mol. The highest BCUT2D eigenvalue weighted by Crippen LogP contribution is 2.27. The van der Waals surface area contributed by atoms with E-state index >= 15 is 0 Å². The van der Waals surface area contributed by atoms with Crippen molar-refractivity contribution >= 4 is 33.4 Å². The van der Waals surface area contributed by atoms with Gasteiger partial charge in [-0.3, -0.25) is 19.7 Å². The first-order chi connectivity index (χ1) is 12.6. The zero-order valence-electron chi connectivity index (χ0n) is 14.5. The van der Waals surface area contributed by atoms with Gasteiger partial charge in [-0.2, -0.15) is 0 Å². The van der Waals surface area contributed by atoms with Crippen molar-refractivity contribution in [1.29, 1.82) is 0 Å². The van der Waals surface area contributed by atoms with E-state index in [2.05, 4.69) is 43.8 Å². The molecule has 0 aliphatic carbocycles. The Balaban J connectivity index is 1.43. The van der Waals surface area contributed by atoms with Gasteiger partial charge in [0.2, 0.25) is 0 Å². The highest BCUT2D eigenvalue weighted by atomic mass is 32.1. The molecule has 3 aromatic rings. The van der Waals surface area contributed by atoms with E-state index in [4.69, 9.17) is 5.73 Å². The third kappa shape index (κ3) is 3.25. The van der Waals surface area contributed by atoms with Gasteiger partial charge >= 0.3 is 0 Å². The highest BCUT2D eigenvalue weighted by Gasteiger charge is 2.24. The summed E-state index contributed by atoms with van der Waals surface area (Å²) in [5, 5.41) is 0.868. The molecule has 3 heterocycles. The first-order valence-electron chi connectivity index (χ1n) is 8.57. The van der Waals surface area contributed by atoms with E-state index in [1.54, 1.807) is 18.6 Å². The number of hydrogen-bond acceptors (Lipinski definition) is 7. The fourth-order valence-corrected chi connectivity index (χ4v) is 4.10. The van der Waals surface area contributed by atoms with Crippen molar-refractivity contribution in [2.75, 3.05) is 31.1 Å². The van der Waals surface area contributed by atoms with Gasteiger partial charge in [0, 0.05) is 44.6 Å². The molecule has 1 aliphatic heterocycles. The molecule has 2 N–H and O–H groups in total.